The van der Waals surface area contributed by atoms with Crippen LogP contribution in [0.25, 0.3) is 0 Å². The van der Waals surface area contributed by atoms with Crippen LogP contribution in [0.2, 0.25) is 0 Å². The normalized spacial score (nSPS) is 26.6. The first kappa shape index (κ1) is 15.1. The van der Waals surface area contributed by atoms with Gasteiger partial charge in [0.25, 0.3) is 0 Å². The zero-order valence-electron chi connectivity index (χ0n) is 13.6. The quantitative estimate of drug-likeness (QED) is 0.809. The van der Waals surface area contributed by atoms with Gasteiger partial charge in [0.2, 0.25) is 0 Å². The predicted molar refractivity (Wildman–Crippen MR) is 87.5 cm³/mol. The van der Waals surface area contributed by atoms with E-state index in [0.29, 0.717) is 16.9 Å². The van der Waals surface area contributed by atoms with Crippen molar-refractivity contribution in [1.82, 2.24) is 0 Å². The van der Waals surface area contributed by atoms with E-state index in [0.717, 1.165) is 31.2 Å². The fourth-order valence-electron chi connectivity index (χ4n) is 4.12. The molecule has 0 amide bonds. The number of aryl methyl sites for hydroxylation is 1. The summed E-state index contributed by atoms with van der Waals surface area (Å²) in [6.07, 6.45) is 6.66. The molecule has 0 aromatic carbocycles. The largest absolute Gasteiger partial charge is 0.478 e. The fourth-order valence-corrected chi connectivity index (χ4v) is 5.57. The molecular weight excluding hydrogens is 280 g/mol. The molecule has 1 unspecified atom stereocenters. The molecule has 0 spiro atoms. The smallest absolute Gasteiger partial charge is 0.337 e. The van der Waals surface area contributed by atoms with E-state index < -0.39 is 5.97 Å². The summed E-state index contributed by atoms with van der Waals surface area (Å²) in [7, 11) is 0. The molecule has 116 valence electrons. The summed E-state index contributed by atoms with van der Waals surface area (Å²) in [5.74, 6) is -0.241. The van der Waals surface area contributed by atoms with Crippen molar-refractivity contribution < 1.29 is 9.90 Å². The van der Waals surface area contributed by atoms with Gasteiger partial charge in [-0.15, -0.1) is 11.3 Å². The molecule has 1 aromatic rings. The molecule has 2 aliphatic rings. The lowest BCUT2D eigenvalue weighted by Crippen LogP contribution is -2.22. The van der Waals surface area contributed by atoms with Crippen LogP contribution >= 0.6 is 11.3 Å². The van der Waals surface area contributed by atoms with E-state index in [4.69, 9.17) is 0 Å². The maximum absolute atomic E-state index is 11.9. The van der Waals surface area contributed by atoms with Crippen molar-refractivity contribution in [3.8, 4) is 0 Å². The molecule has 1 aromatic heterocycles. The topological polar surface area (TPSA) is 37.3 Å². The Morgan fingerprint density at radius 3 is 2.48 bits per heavy atom. The first-order chi connectivity index (χ1) is 9.69. The molecule has 1 saturated carbocycles. The lowest BCUT2D eigenvalue weighted by Gasteiger charge is -2.29. The molecule has 0 saturated heterocycles. The number of rotatable bonds is 2. The maximum atomic E-state index is 11.9. The highest BCUT2D eigenvalue weighted by atomic mass is 32.1. The molecule has 3 rings (SSSR count). The Morgan fingerprint density at radius 1 is 1.19 bits per heavy atom. The van der Waals surface area contributed by atoms with E-state index in [9.17, 15) is 9.90 Å². The average molecular weight is 306 g/mol. The van der Waals surface area contributed by atoms with Gasteiger partial charge < -0.3 is 5.11 Å². The SMILES string of the molecule is CC1(C)CCc2sc(C3CCC(C)(C)C3)c(C(=O)O)c2C1. The lowest BCUT2D eigenvalue weighted by molar-refractivity contribution is 0.0693. The first-order valence-electron chi connectivity index (χ1n) is 8.06. The summed E-state index contributed by atoms with van der Waals surface area (Å²) in [4.78, 5) is 14.4. The van der Waals surface area contributed by atoms with Gasteiger partial charge in [-0.2, -0.15) is 0 Å². The Kier molecular flexibility index (Phi) is 3.47. The van der Waals surface area contributed by atoms with Gasteiger partial charge in [-0.3, -0.25) is 0 Å². The minimum atomic E-state index is -0.704. The van der Waals surface area contributed by atoms with Crippen molar-refractivity contribution in [2.24, 2.45) is 10.8 Å². The number of hydrogen-bond donors (Lipinski definition) is 1. The maximum Gasteiger partial charge on any atom is 0.337 e. The van der Waals surface area contributed by atoms with Crippen LogP contribution in [0.15, 0.2) is 0 Å². The molecule has 1 atom stereocenters. The highest BCUT2D eigenvalue weighted by molar-refractivity contribution is 7.12. The average Bonchev–Trinajstić information content (AvgIpc) is 2.87. The van der Waals surface area contributed by atoms with E-state index in [1.165, 1.54) is 22.6 Å². The molecule has 2 nitrogen and oxygen atoms in total. The van der Waals surface area contributed by atoms with E-state index in [-0.39, 0.29) is 5.41 Å². The molecule has 3 heteroatoms. The van der Waals surface area contributed by atoms with Crippen molar-refractivity contribution in [3.05, 3.63) is 20.9 Å². The standard InChI is InChI=1S/C18H26O2S/c1-17(2)7-5-11(9-17)15-14(16(19)20)12-10-18(3,4)8-6-13(12)21-15/h11H,5-10H2,1-4H3,(H,19,20). The molecule has 1 fully saturated rings. The summed E-state index contributed by atoms with van der Waals surface area (Å²) < 4.78 is 0. The number of fused-ring (bicyclic) bond motifs is 1. The Morgan fingerprint density at radius 2 is 1.90 bits per heavy atom. The van der Waals surface area contributed by atoms with Crippen LogP contribution in [0.5, 0.6) is 0 Å². The first-order valence-corrected chi connectivity index (χ1v) is 8.88. The number of carboxylic acids is 1. The Labute approximate surface area is 131 Å². The highest BCUT2D eigenvalue weighted by Crippen LogP contribution is 2.51. The summed E-state index contributed by atoms with van der Waals surface area (Å²) in [5.41, 5.74) is 2.43. The lowest BCUT2D eigenvalue weighted by atomic mass is 9.75. The van der Waals surface area contributed by atoms with Crippen LogP contribution in [-0.2, 0) is 12.8 Å². The van der Waals surface area contributed by atoms with Crippen molar-refractivity contribution >= 4 is 17.3 Å². The molecular formula is C18H26O2S. The summed E-state index contributed by atoms with van der Waals surface area (Å²) in [6.45, 7) is 9.14. The van der Waals surface area contributed by atoms with Gasteiger partial charge in [-0.1, -0.05) is 27.7 Å². The second-order valence-electron chi connectivity index (χ2n) is 8.49. The van der Waals surface area contributed by atoms with Crippen LogP contribution in [0.3, 0.4) is 0 Å². The van der Waals surface area contributed by atoms with E-state index in [2.05, 4.69) is 27.7 Å². The summed E-state index contributed by atoms with van der Waals surface area (Å²) >= 11 is 1.81. The Balaban J connectivity index is 2.03. The van der Waals surface area contributed by atoms with Crippen molar-refractivity contribution in [1.29, 1.82) is 0 Å². The molecule has 2 aliphatic carbocycles. The van der Waals surface area contributed by atoms with Crippen LogP contribution in [0.1, 0.15) is 85.0 Å². The molecule has 1 N–H and O–H groups in total. The zero-order chi connectivity index (χ0) is 15.4. The molecule has 21 heavy (non-hydrogen) atoms. The zero-order valence-corrected chi connectivity index (χ0v) is 14.4. The number of thiophene rings is 1. The highest BCUT2D eigenvalue weighted by Gasteiger charge is 2.38. The number of hydrogen-bond acceptors (Lipinski definition) is 2. The Hall–Kier alpha value is -0.830. The van der Waals surface area contributed by atoms with Crippen LogP contribution in [-0.4, -0.2) is 11.1 Å². The van der Waals surface area contributed by atoms with Gasteiger partial charge >= 0.3 is 5.97 Å². The van der Waals surface area contributed by atoms with Crippen LogP contribution in [0.4, 0.5) is 0 Å². The van der Waals surface area contributed by atoms with Gasteiger partial charge in [0.1, 0.15) is 0 Å². The second-order valence-corrected chi connectivity index (χ2v) is 9.63. The molecule has 1 heterocycles. The third-order valence-corrected chi connectivity index (χ3v) is 6.81. The molecule has 0 aliphatic heterocycles. The Bertz CT molecular complexity index is 580. The van der Waals surface area contributed by atoms with Gasteiger partial charge in [0, 0.05) is 9.75 Å². The van der Waals surface area contributed by atoms with E-state index in [1.54, 1.807) is 0 Å². The second kappa shape index (κ2) is 4.84. The minimum Gasteiger partial charge on any atom is -0.478 e. The summed E-state index contributed by atoms with van der Waals surface area (Å²) in [6, 6.07) is 0. The van der Waals surface area contributed by atoms with Gasteiger partial charge in [-0.25, -0.2) is 4.79 Å². The van der Waals surface area contributed by atoms with E-state index in [1.807, 2.05) is 11.3 Å². The monoisotopic (exact) mass is 306 g/mol. The third kappa shape index (κ3) is 2.77. The van der Waals surface area contributed by atoms with Crippen molar-refractivity contribution in [2.75, 3.05) is 0 Å². The van der Waals surface area contributed by atoms with Crippen molar-refractivity contribution in [2.45, 2.75) is 72.1 Å². The van der Waals surface area contributed by atoms with Gasteiger partial charge in [0.15, 0.2) is 0 Å². The number of carboxylic acid groups (broad SMARTS) is 1. The fraction of sp³-hybridized carbons (Fsp3) is 0.722. The molecule has 0 radical (unpaired) electrons. The third-order valence-electron chi connectivity index (χ3n) is 5.36. The van der Waals surface area contributed by atoms with Crippen LogP contribution in [0, 0.1) is 10.8 Å². The van der Waals surface area contributed by atoms with Gasteiger partial charge in [-0.05, 0) is 60.8 Å². The predicted octanol–water partition coefficient (Wildman–Crippen LogP) is 5.25. The number of carbonyl (C=O) groups is 1. The minimum absolute atomic E-state index is 0.241. The van der Waals surface area contributed by atoms with Gasteiger partial charge in [0.05, 0.1) is 5.56 Å². The number of aromatic carboxylic acids is 1. The van der Waals surface area contributed by atoms with E-state index >= 15 is 0 Å². The molecule has 0 bridgehead atoms. The summed E-state index contributed by atoms with van der Waals surface area (Å²) in [5, 5.41) is 9.78. The van der Waals surface area contributed by atoms with Crippen LogP contribution < -0.4 is 0 Å². The van der Waals surface area contributed by atoms with Crippen molar-refractivity contribution in [3.63, 3.8) is 0 Å².